The van der Waals surface area contributed by atoms with Gasteiger partial charge in [0, 0.05) is 17.3 Å². The lowest BCUT2D eigenvalue weighted by Crippen LogP contribution is -2.30. The Labute approximate surface area is 88.7 Å². The van der Waals surface area contributed by atoms with E-state index in [1.807, 2.05) is 13.8 Å². The second-order valence-corrected chi connectivity index (χ2v) is 3.47. The van der Waals surface area contributed by atoms with E-state index in [2.05, 4.69) is 10.6 Å². The summed E-state index contributed by atoms with van der Waals surface area (Å²) in [5.74, 6) is -0.139. The van der Waals surface area contributed by atoms with Crippen molar-refractivity contribution >= 4 is 18.0 Å². The first-order valence-electron chi connectivity index (χ1n) is 4.74. The molecule has 0 saturated carbocycles. The average molecular weight is 206 g/mol. The number of amides is 2. The summed E-state index contributed by atoms with van der Waals surface area (Å²) in [4.78, 5) is 21.8. The van der Waals surface area contributed by atoms with E-state index in [-0.39, 0.29) is 11.9 Å². The first-order chi connectivity index (χ1) is 7.13. The summed E-state index contributed by atoms with van der Waals surface area (Å²) in [5, 5.41) is 5.27. The maximum atomic E-state index is 11.6. The lowest BCUT2D eigenvalue weighted by atomic mass is 10.2. The van der Waals surface area contributed by atoms with Crippen molar-refractivity contribution in [3.05, 3.63) is 29.8 Å². The van der Waals surface area contributed by atoms with Gasteiger partial charge in [0.05, 0.1) is 0 Å². The van der Waals surface area contributed by atoms with E-state index in [9.17, 15) is 9.59 Å². The third-order valence-corrected chi connectivity index (χ3v) is 1.77. The third kappa shape index (κ3) is 3.42. The summed E-state index contributed by atoms with van der Waals surface area (Å²) in [5.41, 5.74) is 1.15. The molecule has 0 aliphatic heterocycles. The molecule has 0 aliphatic rings. The Morgan fingerprint density at radius 2 is 2.13 bits per heavy atom. The van der Waals surface area contributed by atoms with E-state index >= 15 is 0 Å². The molecule has 2 amide bonds. The Morgan fingerprint density at radius 3 is 2.73 bits per heavy atom. The molecule has 0 unspecified atom stereocenters. The van der Waals surface area contributed by atoms with Gasteiger partial charge in [-0.1, -0.05) is 6.07 Å². The van der Waals surface area contributed by atoms with E-state index in [1.165, 1.54) is 0 Å². The van der Waals surface area contributed by atoms with Crippen LogP contribution in [0.15, 0.2) is 24.3 Å². The van der Waals surface area contributed by atoms with Crippen LogP contribution in [0.25, 0.3) is 0 Å². The van der Waals surface area contributed by atoms with Gasteiger partial charge in [-0.2, -0.15) is 0 Å². The molecular weight excluding hydrogens is 192 g/mol. The molecule has 1 aromatic carbocycles. The molecule has 0 spiro atoms. The Bertz CT molecular complexity index is 361. The van der Waals surface area contributed by atoms with Gasteiger partial charge in [0.25, 0.3) is 5.91 Å². The van der Waals surface area contributed by atoms with Crippen LogP contribution in [-0.4, -0.2) is 18.4 Å². The van der Waals surface area contributed by atoms with Crippen molar-refractivity contribution in [2.45, 2.75) is 19.9 Å². The molecule has 1 aromatic rings. The van der Waals surface area contributed by atoms with Crippen molar-refractivity contribution in [3.63, 3.8) is 0 Å². The van der Waals surface area contributed by atoms with Gasteiger partial charge in [0.2, 0.25) is 6.41 Å². The maximum absolute atomic E-state index is 11.6. The predicted molar refractivity (Wildman–Crippen MR) is 58.7 cm³/mol. The third-order valence-electron chi connectivity index (χ3n) is 1.77. The van der Waals surface area contributed by atoms with Crippen molar-refractivity contribution in [3.8, 4) is 0 Å². The fourth-order valence-electron chi connectivity index (χ4n) is 1.16. The normalized spacial score (nSPS) is 9.80. The molecule has 0 atom stereocenters. The molecule has 4 heteroatoms. The van der Waals surface area contributed by atoms with Gasteiger partial charge in [-0.3, -0.25) is 9.59 Å². The fourth-order valence-corrected chi connectivity index (χ4v) is 1.16. The van der Waals surface area contributed by atoms with Gasteiger partial charge >= 0.3 is 0 Å². The topological polar surface area (TPSA) is 58.2 Å². The highest BCUT2D eigenvalue weighted by Gasteiger charge is 2.06. The van der Waals surface area contributed by atoms with Gasteiger partial charge in [-0.25, -0.2) is 0 Å². The van der Waals surface area contributed by atoms with Crippen molar-refractivity contribution in [1.82, 2.24) is 5.32 Å². The zero-order valence-electron chi connectivity index (χ0n) is 8.78. The average Bonchev–Trinajstić information content (AvgIpc) is 2.17. The van der Waals surface area contributed by atoms with Gasteiger partial charge in [0.15, 0.2) is 0 Å². The number of nitrogens with one attached hydrogen (secondary N) is 2. The molecule has 0 aliphatic carbocycles. The molecule has 0 bridgehead atoms. The quantitative estimate of drug-likeness (QED) is 0.731. The largest absolute Gasteiger partial charge is 0.350 e. The lowest BCUT2D eigenvalue weighted by Gasteiger charge is -2.08. The Balaban J connectivity index is 2.80. The predicted octanol–water partition coefficient (Wildman–Crippen LogP) is 1.39. The zero-order valence-corrected chi connectivity index (χ0v) is 8.78. The molecule has 2 N–H and O–H groups in total. The molecule has 0 heterocycles. The minimum absolute atomic E-state index is 0.0974. The van der Waals surface area contributed by atoms with E-state index in [1.54, 1.807) is 24.3 Å². The number of hydrogen-bond donors (Lipinski definition) is 2. The minimum atomic E-state index is -0.139. The highest BCUT2D eigenvalue weighted by Crippen LogP contribution is 2.09. The summed E-state index contributed by atoms with van der Waals surface area (Å²) >= 11 is 0. The summed E-state index contributed by atoms with van der Waals surface area (Å²) in [6, 6.07) is 6.88. The van der Waals surface area contributed by atoms with E-state index in [0.29, 0.717) is 17.7 Å². The van der Waals surface area contributed by atoms with Crippen LogP contribution in [0.2, 0.25) is 0 Å². The summed E-state index contributed by atoms with van der Waals surface area (Å²) < 4.78 is 0. The van der Waals surface area contributed by atoms with Crippen LogP contribution in [0.3, 0.4) is 0 Å². The highest BCUT2D eigenvalue weighted by molar-refractivity contribution is 5.95. The van der Waals surface area contributed by atoms with Crippen LogP contribution in [0.5, 0.6) is 0 Å². The van der Waals surface area contributed by atoms with Crippen LogP contribution >= 0.6 is 0 Å². The van der Waals surface area contributed by atoms with E-state index in [4.69, 9.17) is 0 Å². The Hall–Kier alpha value is -1.84. The molecule has 15 heavy (non-hydrogen) atoms. The molecule has 4 nitrogen and oxygen atoms in total. The number of anilines is 1. The number of rotatable bonds is 4. The molecule has 0 saturated heterocycles. The molecular formula is C11H14N2O2. The molecule has 80 valence electrons. The van der Waals surface area contributed by atoms with Crippen molar-refractivity contribution < 1.29 is 9.59 Å². The molecule has 0 fully saturated rings. The molecule has 1 rings (SSSR count). The van der Waals surface area contributed by atoms with Gasteiger partial charge in [0.1, 0.15) is 0 Å². The van der Waals surface area contributed by atoms with E-state index < -0.39 is 0 Å². The number of carbonyl (C=O) groups is 2. The van der Waals surface area contributed by atoms with E-state index in [0.717, 1.165) is 0 Å². The monoisotopic (exact) mass is 206 g/mol. The summed E-state index contributed by atoms with van der Waals surface area (Å²) in [6.07, 6.45) is 0.583. The second kappa shape index (κ2) is 5.14. The van der Waals surface area contributed by atoms with Crippen molar-refractivity contribution in [2.24, 2.45) is 0 Å². The van der Waals surface area contributed by atoms with Gasteiger partial charge in [-0.15, -0.1) is 0 Å². The lowest BCUT2D eigenvalue weighted by molar-refractivity contribution is -0.105. The number of hydrogen-bond acceptors (Lipinski definition) is 2. The standard InChI is InChI=1S/C11H14N2O2/c1-8(2)13-11(15)9-4-3-5-10(6-9)12-7-14/h3-8H,1-2H3,(H,12,14)(H,13,15). The van der Waals surface area contributed by atoms with Crippen LogP contribution < -0.4 is 10.6 Å². The van der Waals surface area contributed by atoms with Crippen LogP contribution in [0, 0.1) is 0 Å². The summed E-state index contributed by atoms with van der Waals surface area (Å²) in [7, 11) is 0. The van der Waals surface area contributed by atoms with Gasteiger partial charge in [-0.05, 0) is 32.0 Å². The molecule has 0 aromatic heterocycles. The maximum Gasteiger partial charge on any atom is 0.251 e. The highest BCUT2D eigenvalue weighted by atomic mass is 16.1. The van der Waals surface area contributed by atoms with Crippen LogP contribution in [0.1, 0.15) is 24.2 Å². The number of benzene rings is 1. The summed E-state index contributed by atoms with van der Waals surface area (Å²) in [6.45, 7) is 3.79. The van der Waals surface area contributed by atoms with Crippen LogP contribution in [0.4, 0.5) is 5.69 Å². The first kappa shape index (κ1) is 11.2. The molecule has 0 radical (unpaired) electrons. The minimum Gasteiger partial charge on any atom is -0.350 e. The van der Waals surface area contributed by atoms with Crippen LogP contribution in [-0.2, 0) is 4.79 Å². The first-order valence-corrected chi connectivity index (χ1v) is 4.74. The second-order valence-electron chi connectivity index (χ2n) is 3.47. The Kier molecular flexibility index (Phi) is 3.85. The van der Waals surface area contributed by atoms with Gasteiger partial charge < -0.3 is 10.6 Å². The smallest absolute Gasteiger partial charge is 0.251 e. The number of carbonyl (C=O) groups excluding carboxylic acids is 2. The van der Waals surface area contributed by atoms with Crippen molar-refractivity contribution in [2.75, 3.05) is 5.32 Å². The SMILES string of the molecule is CC(C)NC(=O)c1cccc(NC=O)c1. The Morgan fingerprint density at radius 1 is 1.40 bits per heavy atom. The fraction of sp³-hybridized carbons (Fsp3) is 0.273. The van der Waals surface area contributed by atoms with Crippen molar-refractivity contribution in [1.29, 1.82) is 0 Å². The zero-order chi connectivity index (χ0) is 11.3.